The molecule has 0 spiro atoms. The van der Waals surface area contributed by atoms with Gasteiger partial charge in [0, 0.05) is 48.1 Å². The smallest absolute Gasteiger partial charge is 0.256 e. The Labute approximate surface area is 139 Å². The summed E-state index contributed by atoms with van der Waals surface area (Å²) < 4.78 is 5.33. The molecule has 4 rings (SSSR count). The van der Waals surface area contributed by atoms with Crippen molar-refractivity contribution in [1.29, 1.82) is 0 Å². The number of phenols is 1. The number of hydrogen-bond acceptors (Lipinski definition) is 5. The fraction of sp³-hybridized carbons (Fsp3) is 0.389. The van der Waals surface area contributed by atoms with Crippen LogP contribution in [0.15, 0.2) is 30.3 Å². The molecule has 2 aromatic rings. The predicted molar refractivity (Wildman–Crippen MR) is 88.9 cm³/mol. The Bertz CT molecular complexity index is 786. The van der Waals surface area contributed by atoms with E-state index < -0.39 is 6.23 Å². The van der Waals surface area contributed by atoms with Gasteiger partial charge in [0.05, 0.1) is 13.2 Å². The van der Waals surface area contributed by atoms with Crippen molar-refractivity contribution in [2.75, 3.05) is 39.4 Å². The Hall–Kier alpha value is -2.15. The maximum Gasteiger partial charge on any atom is 0.256 e. The molecule has 1 atom stereocenters. The van der Waals surface area contributed by atoms with E-state index in [-0.39, 0.29) is 11.7 Å². The molecule has 2 heterocycles. The lowest BCUT2D eigenvalue weighted by atomic mass is 9.93. The standard InChI is InChI=1S/C18H20N2O4/c21-15-5-4-14-16-12(15)2-1-3-13(16)17(22)20(18(14)23)7-6-19-8-10-24-11-9-19/h1-5,17,21-22H,6-11H2. The van der Waals surface area contributed by atoms with Gasteiger partial charge in [-0.2, -0.15) is 0 Å². The van der Waals surface area contributed by atoms with Gasteiger partial charge in [-0.3, -0.25) is 9.69 Å². The highest BCUT2D eigenvalue weighted by molar-refractivity contribution is 6.11. The molecule has 2 aliphatic rings. The first-order valence-electron chi connectivity index (χ1n) is 8.20. The summed E-state index contributed by atoms with van der Waals surface area (Å²) in [5.74, 6) is -0.0724. The van der Waals surface area contributed by atoms with Crippen molar-refractivity contribution < 1.29 is 19.7 Å². The van der Waals surface area contributed by atoms with Crippen molar-refractivity contribution in [3.63, 3.8) is 0 Å². The van der Waals surface area contributed by atoms with Gasteiger partial charge in [-0.1, -0.05) is 18.2 Å². The van der Waals surface area contributed by atoms with Crippen LogP contribution in [0.2, 0.25) is 0 Å². The number of carbonyl (C=O) groups is 1. The molecule has 0 saturated carbocycles. The van der Waals surface area contributed by atoms with Crippen molar-refractivity contribution in [1.82, 2.24) is 9.80 Å². The largest absolute Gasteiger partial charge is 0.507 e. The number of nitrogens with zero attached hydrogens (tertiary/aromatic N) is 2. The summed E-state index contributed by atoms with van der Waals surface area (Å²) in [6.45, 7) is 4.26. The van der Waals surface area contributed by atoms with Crippen molar-refractivity contribution >= 4 is 16.7 Å². The number of aliphatic hydroxyl groups excluding tert-OH is 1. The van der Waals surface area contributed by atoms with E-state index in [4.69, 9.17) is 4.74 Å². The van der Waals surface area contributed by atoms with E-state index in [1.807, 2.05) is 6.07 Å². The van der Waals surface area contributed by atoms with Gasteiger partial charge in [0.25, 0.3) is 5.91 Å². The fourth-order valence-corrected chi connectivity index (χ4v) is 3.54. The number of aromatic hydroxyl groups is 1. The zero-order valence-corrected chi connectivity index (χ0v) is 13.3. The summed E-state index contributed by atoms with van der Waals surface area (Å²) in [5.41, 5.74) is 1.20. The SMILES string of the molecule is O=C1c2ccc(O)c3cccc(c23)C(O)N1CCN1CCOCC1. The summed E-state index contributed by atoms with van der Waals surface area (Å²) in [6, 6.07) is 8.54. The second kappa shape index (κ2) is 6.05. The molecule has 24 heavy (non-hydrogen) atoms. The maximum absolute atomic E-state index is 12.8. The molecular formula is C18H20N2O4. The van der Waals surface area contributed by atoms with Crippen molar-refractivity contribution in [3.8, 4) is 5.75 Å². The average Bonchev–Trinajstić information content (AvgIpc) is 2.61. The summed E-state index contributed by atoms with van der Waals surface area (Å²) in [7, 11) is 0. The number of phenolic OH excluding ortho intramolecular Hbond substituents is 1. The first-order valence-corrected chi connectivity index (χ1v) is 8.20. The molecule has 1 amide bonds. The Kier molecular flexibility index (Phi) is 3.88. The van der Waals surface area contributed by atoms with E-state index in [1.165, 1.54) is 11.0 Å². The number of morpholine rings is 1. The summed E-state index contributed by atoms with van der Waals surface area (Å²) >= 11 is 0. The van der Waals surface area contributed by atoms with Gasteiger partial charge in [0.1, 0.15) is 5.75 Å². The third kappa shape index (κ3) is 2.43. The zero-order valence-electron chi connectivity index (χ0n) is 13.3. The van der Waals surface area contributed by atoms with Crippen molar-refractivity contribution in [2.24, 2.45) is 0 Å². The van der Waals surface area contributed by atoms with Gasteiger partial charge < -0.3 is 19.8 Å². The lowest BCUT2D eigenvalue weighted by molar-refractivity contribution is -0.00781. The van der Waals surface area contributed by atoms with E-state index in [2.05, 4.69) is 4.90 Å². The van der Waals surface area contributed by atoms with Gasteiger partial charge in [-0.15, -0.1) is 0 Å². The molecule has 1 fully saturated rings. The van der Waals surface area contributed by atoms with Crippen LogP contribution in [0.4, 0.5) is 0 Å². The van der Waals surface area contributed by atoms with E-state index in [9.17, 15) is 15.0 Å². The molecule has 126 valence electrons. The number of carbonyl (C=O) groups excluding carboxylic acids is 1. The zero-order chi connectivity index (χ0) is 16.7. The first-order chi connectivity index (χ1) is 11.7. The maximum atomic E-state index is 12.8. The second-order valence-electron chi connectivity index (χ2n) is 6.23. The van der Waals surface area contributed by atoms with Gasteiger partial charge in [-0.05, 0) is 12.1 Å². The molecule has 2 N–H and O–H groups in total. The van der Waals surface area contributed by atoms with E-state index >= 15 is 0 Å². The molecule has 6 nitrogen and oxygen atoms in total. The highest BCUT2D eigenvalue weighted by atomic mass is 16.5. The van der Waals surface area contributed by atoms with Gasteiger partial charge in [0.2, 0.25) is 0 Å². The Balaban J connectivity index is 1.65. The van der Waals surface area contributed by atoms with Crippen LogP contribution in [0.3, 0.4) is 0 Å². The van der Waals surface area contributed by atoms with Crippen LogP contribution < -0.4 is 0 Å². The van der Waals surface area contributed by atoms with Gasteiger partial charge in [0.15, 0.2) is 6.23 Å². The van der Waals surface area contributed by atoms with E-state index in [0.29, 0.717) is 48.2 Å². The predicted octanol–water partition coefficient (Wildman–Crippen LogP) is 1.32. The van der Waals surface area contributed by atoms with Crippen LogP contribution in [0.1, 0.15) is 22.1 Å². The number of benzene rings is 2. The number of hydrogen-bond donors (Lipinski definition) is 2. The van der Waals surface area contributed by atoms with Crippen LogP contribution in [0.5, 0.6) is 5.75 Å². The molecule has 1 unspecified atom stereocenters. The van der Waals surface area contributed by atoms with Crippen molar-refractivity contribution in [3.05, 3.63) is 41.5 Å². The van der Waals surface area contributed by atoms with Crippen LogP contribution in [-0.4, -0.2) is 65.3 Å². The summed E-state index contributed by atoms with van der Waals surface area (Å²) in [5, 5.41) is 22.0. The Morgan fingerprint density at radius 3 is 2.71 bits per heavy atom. The third-order valence-corrected chi connectivity index (χ3v) is 4.88. The molecule has 2 aromatic carbocycles. The molecule has 0 bridgehead atoms. The second-order valence-corrected chi connectivity index (χ2v) is 6.23. The minimum absolute atomic E-state index is 0.123. The lowest BCUT2D eigenvalue weighted by Gasteiger charge is -2.36. The highest BCUT2D eigenvalue weighted by Gasteiger charge is 2.33. The third-order valence-electron chi connectivity index (χ3n) is 4.88. The minimum atomic E-state index is -0.989. The number of ether oxygens (including phenoxy) is 1. The first kappa shape index (κ1) is 15.4. The molecule has 0 aromatic heterocycles. The average molecular weight is 328 g/mol. The topological polar surface area (TPSA) is 73.2 Å². The molecular weight excluding hydrogens is 308 g/mol. The molecule has 0 aliphatic carbocycles. The minimum Gasteiger partial charge on any atom is -0.507 e. The lowest BCUT2D eigenvalue weighted by Crippen LogP contribution is -2.45. The highest BCUT2D eigenvalue weighted by Crippen LogP contribution is 2.38. The van der Waals surface area contributed by atoms with Crippen LogP contribution >= 0.6 is 0 Å². The number of rotatable bonds is 3. The Morgan fingerprint density at radius 1 is 1.12 bits per heavy atom. The monoisotopic (exact) mass is 328 g/mol. The van der Waals surface area contributed by atoms with Gasteiger partial charge in [-0.25, -0.2) is 0 Å². The van der Waals surface area contributed by atoms with E-state index in [1.54, 1.807) is 18.2 Å². The number of aliphatic hydroxyl groups is 1. The molecule has 6 heteroatoms. The Morgan fingerprint density at radius 2 is 1.92 bits per heavy atom. The quantitative estimate of drug-likeness (QED) is 0.889. The summed E-state index contributed by atoms with van der Waals surface area (Å²) in [4.78, 5) is 16.6. The van der Waals surface area contributed by atoms with E-state index in [0.717, 1.165) is 13.1 Å². The normalized spacial score (nSPS) is 21.5. The molecule has 1 saturated heterocycles. The number of amides is 1. The van der Waals surface area contributed by atoms with Crippen LogP contribution in [0, 0.1) is 0 Å². The fourth-order valence-electron chi connectivity index (χ4n) is 3.54. The molecule has 2 aliphatic heterocycles. The van der Waals surface area contributed by atoms with Crippen LogP contribution in [-0.2, 0) is 4.74 Å². The summed E-state index contributed by atoms with van der Waals surface area (Å²) in [6.07, 6.45) is -0.989. The van der Waals surface area contributed by atoms with Gasteiger partial charge >= 0.3 is 0 Å². The van der Waals surface area contributed by atoms with Crippen molar-refractivity contribution in [2.45, 2.75) is 6.23 Å². The molecule has 0 radical (unpaired) electrons. The van der Waals surface area contributed by atoms with Crippen LogP contribution in [0.25, 0.3) is 10.8 Å².